The van der Waals surface area contributed by atoms with Crippen LogP contribution in [-0.4, -0.2) is 13.3 Å². The van der Waals surface area contributed by atoms with Crippen molar-refractivity contribution in [1.29, 1.82) is 0 Å². The zero-order chi connectivity index (χ0) is 9.23. The maximum Gasteiger partial charge on any atom is 0.0277 e. The van der Waals surface area contributed by atoms with E-state index >= 15 is 0 Å². The van der Waals surface area contributed by atoms with Gasteiger partial charge in [0.25, 0.3) is 0 Å². The minimum Gasteiger partial charge on any atom is -0.297 e. The average molecular weight is 161 g/mol. The van der Waals surface area contributed by atoms with Crippen LogP contribution in [-0.2, 0) is 0 Å². The topological polar surface area (TPSA) is 12.4 Å². The third kappa shape index (κ3) is 6.75. The van der Waals surface area contributed by atoms with E-state index in [-0.39, 0.29) is 0 Å². The van der Waals surface area contributed by atoms with E-state index in [1.807, 2.05) is 37.3 Å². The minimum absolute atomic E-state index is 1.18. The van der Waals surface area contributed by atoms with E-state index in [4.69, 9.17) is 0 Å². The second kappa shape index (κ2) is 7.73. The average Bonchev–Trinajstić information content (AvgIpc) is 2.09. The van der Waals surface area contributed by atoms with Gasteiger partial charge in [-0.1, -0.05) is 37.0 Å². The third-order valence-electron chi connectivity index (χ3n) is 1.20. The van der Waals surface area contributed by atoms with E-state index < -0.39 is 0 Å². The predicted molar refractivity (Wildman–Crippen MR) is 56.7 cm³/mol. The van der Waals surface area contributed by atoms with Gasteiger partial charge in [0.2, 0.25) is 0 Å². The highest BCUT2D eigenvalue weighted by Crippen LogP contribution is 1.93. The fraction of sp³-hybridized carbons (Fsp3) is 0.182. The third-order valence-corrected chi connectivity index (χ3v) is 1.20. The molecule has 0 atom stereocenters. The van der Waals surface area contributed by atoms with E-state index in [1.165, 1.54) is 5.57 Å². The SMILES string of the molecule is C=C/C=C/C=C/C(C)=C/C=NC. The Bertz CT molecular complexity index is 229. The van der Waals surface area contributed by atoms with Gasteiger partial charge < -0.3 is 0 Å². The second-order valence-electron chi connectivity index (χ2n) is 2.30. The van der Waals surface area contributed by atoms with E-state index in [1.54, 1.807) is 19.3 Å². The molecule has 0 saturated heterocycles. The smallest absolute Gasteiger partial charge is 0.0277 e. The maximum absolute atomic E-state index is 3.85. The molecule has 0 radical (unpaired) electrons. The zero-order valence-corrected chi connectivity index (χ0v) is 7.70. The minimum atomic E-state index is 1.18. The molecule has 0 aromatic heterocycles. The van der Waals surface area contributed by atoms with Crippen LogP contribution in [0, 0.1) is 0 Å². The summed E-state index contributed by atoms with van der Waals surface area (Å²) >= 11 is 0. The van der Waals surface area contributed by atoms with Crippen molar-refractivity contribution >= 4 is 6.21 Å². The van der Waals surface area contributed by atoms with Crippen LogP contribution >= 0.6 is 0 Å². The molecule has 0 fully saturated rings. The van der Waals surface area contributed by atoms with Crippen molar-refractivity contribution in [1.82, 2.24) is 0 Å². The van der Waals surface area contributed by atoms with E-state index in [0.29, 0.717) is 0 Å². The molecule has 0 unspecified atom stereocenters. The highest BCUT2D eigenvalue weighted by molar-refractivity contribution is 5.72. The largest absolute Gasteiger partial charge is 0.297 e. The van der Waals surface area contributed by atoms with Gasteiger partial charge in [-0.2, -0.15) is 0 Å². The zero-order valence-electron chi connectivity index (χ0n) is 7.70. The second-order valence-corrected chi connectivity index (χ2v) is 2.30. The maximum atomic E-state index is 3.85. The van der Waals surface area contributed by atoms with Crippen LogP contribution in [0.4, 0.5) is 0 Å². The lowest BCUT2D eigenvalue weighted by molar-refractivity contribution is 1.46. The van der Waals surface area contributed by atoms with Crippen LogP contribution in [0.2, 0.25) is 0 Å². The molecule has 0 aromatic rings. The number of allylic oxidation sites excluding steroid dienone is 7. The molecule has 0 aliphatic rings. The summed E-state index contributed by atoms with van der Waals surface area (Å²) in [5, 5.41) is 0. The van der Waals surface area contributed by atoms with Crippen LogP contribution in [0.5, 0.6) is 0 Å². The Morgan fingerprint density at radius 3 is 2.58 bits per heavy atom. The van der Waals surface area contributed by atoms with Gasteiger partial charge in [-0.25, -0.2) is 0 Å². The first-order valence-electron chi connectivity index (χ1n) is 3.86. The Balaban J connectivity index is 3.98. The molecule has 0 rings (SSSR count). The van der Waals surface area contributed by atoms with Crippen molar-refractivity contribution in [3.63, 3.8) is 0 Å². The number of hydrogen-bond donors (Lipinski definition) is 0. The van der Waals surface area contributed by atoms with Crippen molar-refractivity contribution in [2.24, 2.45) is 4.99 Å². The molecule has 0 aromatic carbocycles. The molecule has 0 spiro atoms. The Morgan fingerprint density at radius 2 is 2.00 bits per heavy atom. The van der Waals surface area contributed by atoms with E-state index in [9.17, 15) is 0 Å². The standard InChI is InChI=1S/C11H15N/c1-4-5-6-7-8-11(2)9-10-12-3/h4-10H,1H2,2-3H3/b6-5+,8-7+,11-9+,12-10?. The Morgan fingerprint density at radius 1 is 1.25 bits per heavy atom. The highest BCUT2D eigenvalue weighted by atomic mass is 14.6. The first-order chi connectivity index (χ1) is 5.81. The Kier molecular flexibility index (Phi) is 6.85. The quantitative estimate of drug-likeness (QED) is 0.444. The van der Waals surface area contributed by atoms with Crippen LogP contribution in [0.25, 0.3) is 0 Å². The molecule has 0 saturated carbocycles. The van der Waals surface area contributed by atoms with Gasteiger partial charge in [0.1, 0.15) is 0 Å². The van der Waals surface area contributed by atoms with Crippen LogP contribution in [0.3, 0.4) is 0 Å². The fourth-order valence-corrected chi connectivity index (χ4v) is 0.598. The summed E-state index contributed by atoms with van der Waals surface area (Å²) in [6, 6.07) is 0. The van der Waals surface area contributed by atoms with Gasteiger partial charge in [-0.05, 0) is 18.6 Å². The summed E-state index contributed by atoms with van der Waals surface area (Å²) in [7, 11) is 1.76. The molecular weight excluding hydrogens is 146 g/mol. The van der Waals surface area contributed by atoms with Gasteiger partial charge in [-0.15, -0.1) is 0 Å². The van der Waals surface area contributed by atoms with Crippen molar-refractivity contribution in [2.75, 3.05) is 7.05 Å². The molecule has 1 heteroatoms. The van der Waals surface area contributed by atoms with Crippen LogP contribution < -0.4 is 0 Å². The number of hydrogen-bond acceptors (Lipinski definition) is 1. The summed E-state index contributed by atoms with van der Waals surface area (Å²) in [6.07, 6.45) is 13.3. The molecule has 0 N–H and O–H groups in total. The molecular formula is C11H15N. The number of nitrogens with zero attached hydrogens (tertiary/aromatic N) is 1. The molecule has 0 aliphatic carbocycles. The molecule has 12 heavy (non-hydrogen) atoms. The number of rotatable bonds is 4. The van der Waals surface area contributed by atoms with Gasteiger partial charge in [0, 0.05) is 13.3 Å². The normalized spacial score (nSPS) is 13.7. The molecule has 0 aliphatic heterocycles. The lowest BCUT2D eigenvalue weighted by Gasteiger charge is -1.84. The molecule has 1 nitrogen and oxygen atoms in total. The lowest BCUT2D eigenvalue weighted by Crippen LogP contribution is -1.69. The van der Waals surface area contributed by atoms with Crippen molar-refractivity contribution in [3.05, 3.63) is 48.6 Å². The Hall–Kier alpha value is -1.37. The monoisotopic (exact) mass is 161 g/mol. The molecule has 0 bridgehead atoms. The first kappa shape index (κ1) is 10.6. The predicted octanol–water partition coefficient (Wildman–Crippen LogP) is 2.93. The van der Waals surface area contributed by atoms with Gasteiger partial charge in [0.05, 0.1) is 0 Å². The summed E-state index contributed by atoms with van der Waals surface area (Å²) in [5.74, 6) is 0. The number of aliphatic imine (C=N–C) groups is 1. The summed E-state index contributed by atoms with van der Waals surface area (Å²) < 4.78 is 0. The van der Waals surface area contributed by atoms with E-state index in [0.717, 1.165) is 0 Å². The van der Waals surface area contributed by atoms with Crippen LogP contribution in [0.1, 0.15) is 6.92 Å². The van der Waals surface area contributed by atoms with Crippen molar-refractivity contribution < 1.29 is 0 Å². The van der Waals surface area contributed by atoms with Gasteiger partial charge in [0.15, 0.2) is 0 Å². The summed E-state index contributed by atoms with van der Waals surface area (Å²) in [6.45, 7) is 5.60. The molecule has 0 heterocycles. The summed E-state index contributed by atoms with van der Waals surface area (Å²) in [4.78, 5) is 3.85. The molecule has 0 amide bonds. The highest BCUT2D eigenvalue weighted by Gasteiger charge is 1.74. The fourth-order valence-electron chi connectivity index (χ4n) is 0.598. The molecule has 64 valence electrons. The first-order valence-corrected chi connectivity index (χ1v) is 3.86. The lowest BCUT2D eigenvalue weighted by atomic mass is 10.2. The summed E-state index contributed by atoms with van der Waals surface area (Å²) in [5.41, 5.74) is 1.18. The Labute approximate surface area is 74.5 Å². The van der Waals surface area contributed by atoms with Gasteiger partial charge in [-0.3, -0.25) is 4.99 Å². The van der Waals surface area contributed by atoms with E-state index in [2.05, 4.69) is 11.6 Å². The van der Waals surface area contributed by atoms with Gasteiger partial charge >= 0.3 is 0 Å². The van der Waals surface area contributed by atoms with Crippen molar-refractivity contribution in [3.8, 4) is 0 Å². The van der Waals surface area contributed by atoms with Crippen molar-refractivity contribution in [2.45, 2.75) is 6.92 Å². The van der Waals surface area contributed by atoms with Crippen LogP contribution in [0.15, 0.2) is 53.6 Å².